The first kappa shape index (κ1) is 1440. The van der Waals surface area contributed by atoms with Gasteiger partial charge in [0, 0.05) is 126 Å². The molecule has 0 atom stereocenters. The molecule has 0 rings (SSSR count). The molecule has 0 aromatic rings. The van der Waals surface area contributed by atoms with E-state index in [1.807, 2.05) is 0 Å². The van der Waals surface area contributed by atoms with E-state index in [-0.39, 0.29) is 439 Å². The summed E-state index contributed by atoms with van der Waals surface area (Å²) in [4.78, 5) is 0. The minimum Gasteiger partial charge on any atom is -0.813 e. The Balaban J connectivity index is 0. The van der Waals surface area contributed by atoms with Gasteiger partial charge in [0.05, 0.1) is 0 Å². The molecular formula is H52O22S8W10. The normalized spacial score (nSPS) is 0. The summed E-state index contributed by atoms with van der Waals surface area (Å²) in [5, 5.41) is 0. The standard InChI is InChI=1S/22H2O.8H2S.10W/h30*1H2;;;;;;;;;;/q;;;;;;;;;;;;;;;;;;;;;;;;;;;;;;;;;;;;4*+2/p-8. The average Bonchev–Trinajstić information content (AvgIpc) is 0. The molecular weight excluding hydrogens is 2450 g/mol. The van der Waals surface area contributed by atoms with E-state index in [2.05, 4.69) is 0 Å². The SMILES string of the molecule is O.O.O.O.O.O.O.O.O.O.O.O.O.O.O.O.O.O.O.O.O.O.[SH-].[SH-].[SH-].[SH-].[SH-].[SH-].[SH-].[SH-].[W+2].[W+2].[W+2].[W+2].[W].[W].[W].[W].[W].[W]. The summed E-state index contributed by atoms with van der Waals surface area (Å²) >= 11 is 0. The van der Waals surface area contributed by atoms with Crippen molar-refractivity contribution >= 4 is 108 Å². The fourth-order valence-corrected chi connectivity index (χ4v) is 0. The Morgan fingerprint density at radius 2 is 0.100 bits per heavy atom. The molecule has 44 N–H and O–H groups in total. The van der Waals surface area contributed by atoms with Gasteiger partial charge in [-0.05, 0) is 0 Å². The number of hydrogen-bond donors (Lipinski definition) is 0. The second kappa shape index (κ2) is 1350. The Kier molecular flexibility index (Phi) is 48600. The summed E-state index contributed by atoms with van der Waals surface area (Å²) in [6, 6.07) is 0. The third-order valence-corrected chi connectivity index (χ3v) is 0. The van der Waals surface area contributed by atoms with E-state index in [9.17, 15) is 0 Å². The van der Waals surface area contributed by atoms with Crippen molar-refractivity contribution in [3.8, 4) is 0 Å². The third-order valence-electron chi connectivity index (χ3n) is 0. The molecule has 0 bridgehead atoms. The van der Waals surface area contributed by atoms with Gasteiger partial charge < -0.3 is 228 Å². The van der Waals surface area contributed by atoms with Crippen LogP contribution in [0.4, 0.5) is 0 Å². The fraction of sp³-hybridized carbons (Fsp3) is 0. The molecule has 22 nitrogen and oxygen atoms in total. The summed E-state index contributed by atoms with van der Waals surface area (Å²) in [5.74, 6) is 0. The van der Waals surface area contributed by atoms with E-state index >= 15 is 0 Å². The first-order valence-electron chi connectivity index (χ1n) is 0. The first-order valence-corrected chi connectivity index (χ1v) is 0. The number of hydrogen-bond acceptors (Lipinski definition) is 8. The van der Waals surface area contributed by atoms with E-state index in [0.717, 1.165) is 0 Å². The maximum absolute atomic E-state index is 0. The van der Waals surface area contributed by atoms with Crippen LogP contribution in [-0.2, 0) is 319 Å². The number of rotatable bonds is 0. The van der Waals surface area contributed by atoms with Crippen LogP contribution in [0, 0.1) is 0 Å². The molecule has 0 radical (unpaired) electrons. The van der Waals surface area contributed by atoms with Gasteiger partial charge in [0.1, 0.15) is 0 Å². The van der Waals surface area contributed by atoms with E-state index in [0.29, 0.717) is 0 Å². The Morgan fingerprint density at radius 3 is 0.100 bits per heavy atom. The molecule has 0 aliphatic rings. The Morgan fingerprint density at radius 1 is 0.100 bits per heavy atom. The topological polar surface area (TPSA) is 693 Å². The smallest absolute Gasteiger partial charge is 0.813 e. The van der Waals surface area contributed by atoms with Crippen molar-refractivity contribution in [1.82, 2.24) is 0 Å². The van der Waals surface area contributed by atoms with Crippen LogP contribution in [0.25, 0.3) is 0 Å². The van der Waals surface area contributed by atoms with Crippen LogP contribution in [0.3, 0.4) is 0 Å². The van der Waals surface area contributed by atoms with Gasteiger partial charge in [-0.25, -0.2) is 0 Å². The van der Waals surface area contributed by atoms with Crippen LogP contribution in [0.5, 0.6) is 0 Å². The predicted molar refractivity (Wildman–Crippen MR) is 150 cm³/mol. The molecule has 0 aliphatic carbocycles. The Bertz CT molecular complexity index is 57.6. The van der Waals surface area contributed by atoms with Crippen molar-refractivity contribution in [2.45, 2.75) is 0 Å². The van der Waals surface area contributed by atoms with Crippen molar-refractivity contribution in [3.05, 3.63) is 0 Å². The van der Waals surface area contributed by atoms with Crippen LogP contribution in [0.2, 0.25) is 0 Å². The molecule has 0 aliphatic heterocycles. The summed E-state index contributed by atoms with van der Waals surface area (Å²) in [6.45, 7) is 0. The van der Waals surface area contributed by atoms with Gasteiger partial charge in [-0.15, -0.1) is 0 Å². The summed E-state index contributed by atoms with van der Waals surface area (Å²) in [5.41, 5.74) is 0. The summed E-state index contributed by atoms with van der Waals surface area (Å²) in [6.07, 6.45) is 0. The largest absolute Gasteiger partial charge is 2.00 e. The monoisotopic (exact) mass is 2500 g/mol. The van der Waals surface area contributed by atoms with Crippen LogP contribution < -0.4 is 0 Å². The van der Waals surface area contributed by atoms with Gasteiger partial charge in [-0.1, -0.05) is 0 Å². The van der Waals surface area contributed by atoms with E-state index < -0.39 is 0 Å². The average molecular weight is 2500 g/mol. The van der Waals surface area contributed by atoms with Crippen molar-refractivity contribution in [2.24, 2.45) is 0 Å². The van der Waals surface area contributed by atoms with E-state index in [1.54, 1.807) is 0 Å². The minimum atomic E-state index is 0. The maximum Gasteiger partial charge on any atom is 2.00 e. The molecule has 0 aromatic carbocycles. The Hall–Kier alpha value is 8.80. The second-order valence-electron chi connectivity index (χ2n) is 0. The first-order chi connectivity index (χ1) is 0. The maximum atomic E-state index is 0. The van der Waals surface area contributed by atoms with Gasteiger partial charge >= 0.3 is 84.3 Å². The van der Waals surface area contributed by atoms with Crippen molar-refractivity contribution in [2.75, 3.05) is 0 Å². The van der Waals surface area contributed by atoms with Gasteiger partial charge in [0.25, 0.3) is 0 Å². The molecule has 40 heavy (non-hydrogen) atoms. The predicted octanol–water partition coefficient (Wildman–Crippen LogP) is -20.3. The zero-order valence-electron chi connectivity index (χ0n) is 18.7. The fourth-order valence-electron chi connectivity index (χ4n) is 0. The number of thiol groups is 8. The molecule has 0 amide bonds. The van der Waals surface area contributed by atoms with Gasteiger partial charge in [0.15, 0.2) is 0 Å². The molecule has 0 aromatic heterocycles. The van der Waals surface area contributed by atoms with Crippen molar-refractivity contribution in [3.63, 3.8) is 0 Å². The molecule has 0 unspecified atom stereocenters. The summed E-state index contributed by atoms with van der Waals surface area (Å²) in [7, 11) is 0. The second-order valence-corrected chi connectivity index (χ2v) is 0. The minimum absolute atomic E-state index is 0. The van der Waals surface area contributed by atoms with Gasteiger partial charge in [-0.3, -0.25) is 0 Å². The van der Waals surface area contributed by atoms with Gasteiger partial charge in [-0.2, -0.15) is 0 Å². The van der Waals surface area contributed by atoms with Crippen molar-refractivity contribution in [1.29, 1.82) is 0 Å². The summed E-state index contributed by atoms with van der Waals surface area (Å²) < 4.78 is 0. The van der Waals surface area contributed by atoms with Crippen LogP contribution >= 0.6 is 0 Å². The molecule has 0 spiro atoms. The third kappa shape index (κ3) is 1270. The van der Waals surface area contributed by atoms with E-state index in [1.165, 1.54) is 0 Å². The zero-order valence-corrected chi connectivity index (χ0v) is 55.1. The van der Waals surface area contributed by atoms with Crippen LogP contribution in [-0.4, -0.2) is 120 Å². The quantitative estimate of drug-likeness (QED) is 0.165. The molecule has 292 valence electrons. The van der Waals surface area contributed by atoms with Crippen molar-refractivity contribution < 1.29 is 331 Å². The molecule has 40 heteroatoms. The Labute approximate surface area is 431 Å². The molecule has 0 heterocycles. The van der Waals surface area contributed by atoms with Crippen LogP contribution in [0.1, 0.15) is 0 Å². The molecule has 0 saturated carbocycles. The molecule has 0 saturated heterocycles. The van der Waals surface area contributed by atoms with Crippen LogP contribution in [0.15, 0.2) is 0 Å². The van der Waals surface area contributed by atoms with Gasteiger partial charge in [0.2, 0.25) is 0 Å². The van der Waals surface area contributed by atoms with E-state index in [4.69, 9.17) is 0 Å². The zero-order chi connectivity index (χ0) is 0. The molecule has 0 fully saturated rings.